The largest absolute Gasteiger partial charge is 0.350 e. The van der Waals surface area contributed by atoms with Crippen molar-refractivity contribution in [2.45, 2.75) is 19.9 Å². The van der Waals surface area contributed by atoms with Gasteiger partial charge >= 0.3 is 0 Å². The number of rotatable bonds is 4. The lowest BCUT2D eigenvalue weighted by molar-refractivity contribution is 0.614. The van der Waals surface area contributed by atoms with Gasteiger partial charge in [0, 0.05) is 24.0 Å². The highest BCUT2D eigenvalue weighted by Crippen LogP contribution is 2.39. The first kappa shape index (κ1) is 17.6. The second-order valence-corrected chi connectivity index (χ2v) is 7.62. The van der Waals surface area contributed by atoms with Gasteiger partial charge in [-0.2, -0.15) is 5.10 Å². The van der Waals surface area contributed by atoms with Crippen molar-refractivity contribution >= 4 is 28.2 Å². The monoisotopic (exact) mass is 409 g/mol. The number of halogens is 1. The molecule has 5 rings (SSSR count). The zero-order chi connectivity index (χ0) is 19.8. The summed E-state index contributed by atoms with van der Waals surface area (Å²) in [6.07, 6.45) is 6.63. The Morgan fingerprint density at radius 1 is 1.21 bits per heavy atom. The third-order valence-corrected chi connectivity index (χ3v) is 5.55. The standard InChI is InChI=1S/C18H16FN9S/c1-10-20-4-2-12(24-10)9-28-5-3-14-15(13-8-23-27-16(13)28)25-18(29-14)26-17-21-6-11(19)7-22-17/h2,4,6-8H,3,5,9H2,1H3,(H,23,27)(H,21,22,25,26). The van der Waals surface area contributed by atoms with Crippen molar-refractivity contribution in [1.29, 1.82) is 0 Å². The van der Waals surface area contributed by atoms with Crippen molar-refractivity contribution in [3.8, 4) is 11.3 Å². The lowest BCUT2D eigenvalue weighted by atomic mass is 10.2. The van der Waals surface area contributed by atoms with E-state index in [-0.39, 0.29) is 0 Å². The predicted molar refractivity (Wildman–Crippen MR) is 106 cm³/mol. The Labute approximate surface area is 169 Å². The van der Waals surface area contributed by atoms with E-state index in [2.05, 4.69) is 40.3 Å². The van der Waals surface area contributed by atoms with Crippen LogP contribution in [0.5, 0.6) is 0 Å². The van der Waals surface area contributed by atoms with Gasteiger partial charge in [0.1, 0.15) is 11.6 Å². The molecule has 11 heteroatoms. The molecule has 0 fully saturated rings. The van der Waals surface area contributed by atoms with Gasteiger partial charge in [0.15, 0.2) is 10.9 Å². The van der Waals surface area contributed by atoms with Gasteiger partial charge in [-0.3, -0.25) is 5.10 Å². The second-order valence-electron chi connectivity index (χ2n) is 6.54. The van der Waals surface area contributed by atoms with E-state index < -0.39 is 5.82 Å². The molecule has 0 amide bonds. The maximum Gasteiger partial charge on any atom is 0.229 e. The van der Waals surface area contributed by atoms with Crippen LogP contribution in [0.15, 0.2) is 30.9 Å². The van der Waals surface area contributed by atoms with Crippen LogP contribution in [0.4, 0.5) is 21.3 Å². The van der Waals surface area contributed by atoms with E-state index in [0.717, 1.165) is 58.8 Å². The van der Waals surface area contributed by atoms with Crippen LogP contribution in [0.1, 0.15) is 16.4 Å². The van der Waals surface area contributed by atoms with Gasteiger partial charge in [0.05, 0.1) is 42.1 Å². The van der Waals surface area contributed by atoms with Gasteiger partial charge in [-0.05, 0) is 13.0 Å². The zero-order valence-electron chi connectivity index (χ0n) is 15.4. The summed E-state index contributed by atoms with van der Waals surface area (Å²) < 4.78 is 13.0. The van der Waals surface area contributed by atoms with Crippen LogP contribution >= 0.6 is 11.3 Å². The molecular formula is C18H16FN9S. The minimum Gasteiger partial charge on any atom is -0.350 e. The molecule has 0 bridgehead atoms. The smallest absolute Gasteiger partial charge is 0.229 e. The second kappa shape index (κ2) is 7.17. The van der Waals surface area contributed by atoms with Crippen molar-refractivity contribution < 1.29 is 4.39 Å². The number of hydrogen-bond donors (Lipinski definition) is 2. The van der Waals surface area contributed by atoms with E-state index in [4.69, 9.17) is 4.98 Å². The summed E-state index contributed by atoms with van der Waals surface area (Å²) in [5.74, 6) is 1.49. The Kier molecular flexibility index (Phi) is 4.35. The highest BCUT2D eigenvalue weighted by atomic mass is 32.1. The molecule has 0 unspecified atom stereocenters. The number of aromatic amines is 1. The molecule has 0 aromatic carbocycles. The fourth-order valence-electron chi connectivity index (χ4n) is 3.25. The van der Waals surface area contributed by atoms with Crippen LogP contribution < -0.4 is 10.2 Å². The Balaban J connectivity index is 1.43. The first-order valence-corrected chi connectivity index (χ1v) is 9.79. The summed E-state index contributed by atoms with van der Waals surface area (Å²) in [5.41, 5.74) is 2.77. The molecular weight excluding hydrogens is 393 g/mol. The van der Waals surface area contributed by atoms with Gasteiger partial charge in [0.2, 0.25) is 5.95 Å². The minimum absolute atomic E-state index is 0.309. The number of hydrogen-bond acceptors (Lipinski definition) is 9. The third kappa shape index (κ3) is 3.51. The number of H-pyrrole nitrogens is 1. The highest BCUT2D eigenvalue weighted by Gasteiger charge is 2.25. The molecule has 9 nitrogen and oxygen atoms in total. The number of nitrogens with one attached hydrogen (secondary N) is 2. The maximum absolute atomic E-state index is 13.0. The molecule has 0 spiro atoms. The summed E-state index contributed by atoms with van der Waals surface area (Å²) >= 11 is 1.54. The molecule has 4 aromatic rings. The van der Waals surface area contributed by atoms with Crippen LogP contribution in [-0.2, 0) is 13.0 Å². The van der Waals surface area contributed by atoms with Crippen molar-refractivity contribution in [2.24, 2.45) is 0 Å². The molecule has 0 aliphatic carbocycles. The lowest BCUT2D eigenvalue weighted by Crippen LogP contribution is -2.25. The summed E-state index contributed by atoms with van der Waals surface area (Å²) in [4.78, 5) is 24.6. The van der Waals surface area contributed by atoms with E-state index in [1.807, 2.05) is 13.0 Å². The molecule has 146 valence electrons. The van der Waals surface area contributed by atoms with Crippen LogP contribution in [0.2, 0.25) is 0 Å². The number of fused-ring (bicyclic) bond motifs is 3. The Morgan fingerprint density at radius 3 is 2.90 bits per heavy atom. The van der Waals surface area contributed by atoms with E-state index in [1.165, 1.54) is 11.3 Å². The Morgan fingerprint density at radius 2 is 2.07 bits per heavy atom. The fraction of sp³-hybridized carbons (Fsp3) is 0.222. The third-order valence-electron chi connectivity index (χ3n) is 4.52. The molecule has 5 heterocycles. The van der Waals surface area contributed by atoms with Crippen molar-refractivity contribution in [1.82, 2.24) is 35.1 Å². The normalized spacial score (nSPS) is 13.0. The van der Waals surface area contributed by atoms with E-state index in [9.17, 15) is 4.39 Å². The van der Waals surface area contributed by atoms with Gasteiger partial charge in [0.25, 0.3) is 0 Å². The van der Waals surface area contributed by atoms with Crippen molar-refractivity contribution in [3.05, 3.63) is 53.1 Å². The van der Waals surface area contributed by atoms with Gasteiger partial charge in [-0.25, -0.2) is 29.3 Å². The molecule has 4 aromatic heterocycles. The van der Waals surface area contributed by atoms with Gasteiger partial charge in [-0.1, -0.05) is 0 Å². The first-order valence-electron chi connectivity index (χ1n) is 8.97. The summed E-state index contributed by atoms with van der Waals surface area (Å²) in [7, 11) is 0. The number of aryl methyl sites for hydroxylation is 1. The summed E-state index contributed by atoms with van der Waals surface area (Å²) in [6, 6.07) is 1.92. The number of aromatic nitrogens is 7. The molecule has 1 aliphatic rings. The SMILES string of the molecule is Cc1nccc(CN2CCc3sc(Nc4ncc(F)cn4)nc3-c3cn[nH]c32)n1. The number of anilines is 3. The fourth-order valence-corrected chi connectivity index (χ4v) is 4.20. The molecule has 0 saturated heterocycles. The van der Waals surface area contributed by atoms with E-state index in [0.29, 0.717) is 17.6 Å². The van der Waals surface area contributed by atoms with Crippen LogP contribution in [0, 0.1) is 12.7 Å². The predicted octanol–water partition coefficient (Wildman–Crippen LogP) is 2.87. The Bertz CT molecular complexity index is 1150. The quantitative estimate of drug-likeness (QED) is 0.530. The summed E-state index contributed by atoms with van der Waals surface area (Å²) in [5, 5.41) is 11.0. The molecule has 29 heavy (non-hydrogen) atoms. The topological polar surface area (TPSA) is 108 Å². The average Bonchev–Trinajstić information content (AvgIpc) is 3.31. The van der Waals surface area contributed by atoms with Crippen LogP contribution in [-0.4, -0.2) is 41.7 Å². The van der Waals surface area contributed by atoms with Crippen molar-refractivity contribution in [2.75, 3.05) is 16.8 Å². The van der Waals surface area contributed by atoms with Gasteiger partial charge < -0.3 is 10.2 Å². The lowest BCUT2D eigenvalue weighted by Gasteiger charge is -2.21. The van der Waals surface area contributed by atoms with E-state index >= 15 is 0 Å². The summed E-state index contributed by atoms with van der Waals surface area (Å²) in [6.45, 7) is 3.33. The number of nitrogens with zero attached hydrogens (tertiary/aromatic N) is 7. The molecule has 0 radical (unpaired) electrons. The minimum atomic E-state index is -0.479. The molecule has 0 atom stereocenters. The maximum atomic E-state index is 13.0. The van der Waals surface area contributed by atoms with E-state index in [1.54, 1.807) is 12.4 Å². The Hall–Kier alpha value is -3.47. The van der Waals surface area contributed by atoms with Crippen molar-refractivity contribution in [3.63, 3.8) is 0 Å². The average molecular weight is 409 g/mol. The molecule has 0 saturated carbocycles. The van der Waals surface area contributed by atoms with Gasteiger partial charge in [-0.15, -0.1) is 11.3 Å². The molecule has 2 N–H and O–H groups in total. The van der Waals surface area contributed by atoms with Crippen LogP contribution in [0.3, 0.4) is 0 Å². The zero-order valence-corrected chi connectivity index (χ0v) is 16.2. The molecule has 1 aliphatic heterocycles. The number of thiazole rings is 1. The first-order chi connectivity index (χ1) is 14.2. The van der Waals surface area contributed by atoms with Crippen LogP contribution in [0.25, 0.3) is 11.3 Å². The highest BCUT2D eigenvalue weighted by molar-refractivity contribution is 7.16.